The molecule has 7 heteroatoms. The van der Waals surface area contributed by atoms with Gasteiger partial charge in [0, 0.05) is 16.6 Å². The molecule has 0 amide bonds. The fourth-order valence-corrected chi connectivity index (χ4v) is 4.43. The summed E-state index contributed by atoms with van der Waals surface area (Å²) < 4.78 is 2.74. The lowest BCUT2D eigenvalue weighted by atomic mass is 10.1. The molecule has 1 saturated carbocycles. The number of H-pyrrole nitrogens is 2. The highest BCUT2D eigenvalue weighted by atomic mass is 35.5. The van der Waals surface area contributed by atoms with Crippen molar-refractivity contribution in [3.05, 3.63) is 58.6 Å². The van der Waals surface area contributed by atoms with Crippen LogP contribution in [0.5, 0.6) is 0 Å². The summed E-state index contributed by atoms with van der Waals surface area (Å²) in [6.07, 6.45) is 6.62. The first-order valence-electron chi connectivity index (χ1n) is 9.50. The molecule has 142 valence electrons. The molecule has 0 atom stereocenters. The minimum absolute atomic E-state index is 0.475. The van der Waals surface area contributed by atoms with E-state index >= 15 is 0 Å². The van der Waals surface area contributed by atoms with Crippen molar-refractivity contribution in [2.45, 2.75) is 31.7 Å². The Hall–Kier alpha value is -2.57. The molecule has 2 aromatic heterocycles. The fourth-order valence-electron chi connectivity index (χ4n) is 4.00. The van der Waals surface area contributed by atoms with Crippen molar-refractivity contribution < 1.29 is 0 Å². The van der Waals surface area contributed by atoms with Gasteiger partial charge in [-0.1, -0.05) is 36.6 Å². The van der Waals surface area contributed by atoms with Gasteiger partial charge in [-0.15, -0.1) is 0 Å². The van der Waals surface area contributed by atoms with Crippen LogP contribution >= 0.6 is 23.8 Å². The minimum atomic E-state index is 0.475. The number of imidazole rings is 2. The third-order valence-corrected chi connectivity index (χ3v) is 5.92. The molecule has 2 aromatic carbocycles. The number of hydrogen-bond acceptors (Lipinski definition) is 3. The normalized spacial score (nSPS) is 14.8. The first-order valence-corrected chi connectivity index (χ1v) is 10.3. The van der Waals surface area contributed by atoms with Crippen LogP contribution in [0.1, 0.15) is 25.7 Å². The number of fused-ring (bicyclic) bond motifs is 1. The molecule has 4 aromatic rings. The van der Waals surface area contributed by atoms with Gasteiger partial charge in [-0.25, -0.2) is 4.98 Å². The van der Waals surface area contributed by atoms with Crippen molar-refractivity contribution in [3.63, 3.8) is 0 Å². The quantitative estimate of drug-likeness (QED) is 0.357. The van der Waals surface area contributed by atoms with Crippen LogP contribution in [0.3, 0.4) is 0 Å². The molecule has 28 heavy (non-hydrogen) atoms. The van der Waals surface area contributed by atoms with E-state index in [9.17, 15) is 0 Å². The van der Waals surface area contributed by atoms with Crippen molar-refractivity contribution >= 4 is 40.7 Å². The number of hydrogen-bond donors (Lipinski definition) is 3. The Morgan fingerprint density at radius 1 is 1.11 bits per heavy atom. The summed E-state index contributed by atoms with van der Waals surface area (Å²) in [6, 6.07) is 14.5. The average molecular weight is 410 g/mol. The van der Waals surface area contributed by atoms with E-state index in [1.54, 1.807) is 6.33 Å². The number of halogens is 1. The number of aromatic nitrogens is 4. The van der Waals surface area contributed by atoms with Crippen LogP contribution in [0.4, 0.5) is 5.82 Å². The first kappa shape index (κ1) is 17.5. The van der Waals surface area contributed by atoms with E-state index < -0.39 is 0 Å². The molecule has 0 radical (unpaired) electrons. The summed E-state index contributed by atoms with van der Waals surface area (Å²) in [5.74, 6) is 0.962. The Labute approximate surface area is 172 Å². The summed E-state index contributed by atoms with van der Waals surface area (Å²) in [7, 11) is 0. The number of rotatable bonds is 4. The van der Waals surface area contributed by atoms with Crippen molar-refractivity contribution in [3.8, 4) is 16.9 Å². The molecule has 0 spiro atoms. The minimum Gasteiger partial charge on any atom is -0.367 e. The fraction of sp³-hybridized carbons (Fsp3) is 0.238. The van der Waals surface area contributed by atoms with Crippen LogP contribution in [0, 0.1) is 4.77 Å². The highest BCUT2D eigenvalue weighted by molar-refractivity contribution is 7.71. The molecule has 1 aliphatic rings. The van der Waals surface area contributed by atoms with E-state index in [0.717, 1.165) is 33.8 Å². The van der Waals surface area contributed by atoms with Crippen LogP contribution in [0.2, 0.25) is 5.02 Å². The topological polar surface area (TPSA) is 61.4 Å². The second-order valence-corrected chi connectivity index (χ2v) is 8.05. The molecular weight excluding hydrogens is 390 g/mol. The predicted molar refractivity (Wildman–Crippen MR) is 117 cm³/mol. The zero-order chi connectivity index (χ0) is 19.1. The van der Waals surface area contributed by atoms with Gasteiger partial charge in [0.25, 0.3) is 0 Å². The highest BCUT2D eigenvalue weighted by Crippen LogP contribution is 2.34. The lowest BCUT2D eigenvalue weighted by Gasteiger charge is -2.15. The number of anilines is 1. The van der Waals surface area contributed by atoms with Gasteiger partial charge in [-0.2, -0.15) is 0 Å². The second-order valence-electron chi connectivity index (χ2n) is 7.23. The monoisotopic (exact) mass is 409 g/mol. The maximum absolute atomic E-state index is 6.13. The summed E-state index contributed by atoms with van der Waals surface area (Å²) in [4.78, 5) is 10.9. The standard InChI is InChI=1S/C21H20ClN5S/c22-14-7-5-13(6-8-14)19-20(25-15-3-1-2-4-15)26-21(28)27(19)16-9-10-17-18(11-16)24-12-23-17/h5-12,15,25H,1-4H2,(H,23,24)(H,26,28). The van der Waals surface area contributed by atoms with Gasteiger partial charge in [0.2, 0.25) is 0 Å². The zero-order valence-corrected chi connectivity index (χ0v) is 16.8. The maximum atomic E-state index is 6.13. The summed E-state index contributed by atoms with van der Waals surface area (Å²) >= 11 is 11.9. The summed E-state index contributed by atoms with van der Waals surface area (Å²) in [6.45, 7) is 0. The van der Waals surface area contributed by atoms with Gasteiger partial charge >= 0.3 is 0 Å². The van der Waals surface area contributed by atoms with Crippen molar-refractivity contribution in [1.82, 2.24) is 19.5 Å². The Kier molecular flexibility index (Phi) is 4.45. The smallest absolute Gasteiger partial charge is 0.183 e. The Bertz CT molecular complexity index is 1180. The van der Waals surface area contributed by atoms with Crippen LogP contribution in [0.25, 0.3) is 28.0 Å². The maximum Gasteiger partial charge on any atom is 0.183 e. The molecule has 0 aliphatic heterocycles. The zero-order valence-electron chi connectivity index (χ0n) is 15.2. The molecule has 1 fully saturated rings. The molecular formula is C21H20ClN5S. The SMILES string of the molecule is S=c1[nH]c(NC2CCCC2)c(-c2ccc(Cl)cc2)n1-c1ccc2nc[nH]c2c1. The average Bonchev–Trinajstić information content (AvgIpc) is 3.42. The third kappa shape index (κ3) is 3.12. The van der Waals surface area contributed by atoms with Crippen LogP contribution in [0.15, 0.2) is 48.8 Å². The Morgan fingerprint density at radius 3 is 2.68 bits per heavy atom. The molecule has 0 saturated heterocycles. The molecule has 0 unspecified atom stereocenters. The second kappa shape index (κ2) is 7.11. The summed E-state index contributed by atoms with van der Waals surface area (Å²) in [5.41, 5.74) is 4.98. The molecule has 5 nitrogen and oxygen atoms in total. The largest absolute Gasteiger partial charge is 0.367 e. The van der Waals surface area contributed by atoms with Gasteiger partial charge in [-0.05, 0) is 55.4 Å². The molecule has 3 N–H and O–H groups in total. The van der Waals surface area contributed by atoms with Crippen molar-refractivity contribution in [1.29, 1.82) is 0 Å². The summed E-state index contributed by atoms with van der Waals surface area (Å²) in [5, 5.41) is 4.41. The van der Waals surface area contributed by atoms with Crippen LogP contribution < -0.4 is 5.32 Å². The van der Waals surface area contributed by atoms with E-state index in [0.29, 0.717) is 15.8 Å². The number of nitrogens with zero attached hydrogens (tertiary/aromatic N) is 2. The van der Waals surface area contributed by atoms with Crippen LogP contribution in [-0.4, -0.2) is 25.6 Å². The van der Waals surface area contributed by atoms with Crippen molar-refractivity contribution in [2.24, 2.45) is 0 Å². The number of benzene rings is 2. The molecule has 5 rings (SSSR count). The van der Waals surface area contributed by atoms with E-state index in [4.69, 9.17) is 23.8 Å². The van der Waals surface area contributed by atoms with E-state index in [1.165, 1.54) is 25.7 Å². The number of aromatic amines is 2. The van der Waals surface area contributed by atoms with Crippen LogP contribution in [-0.2, 0) is 0 Å². The van der Waals surface area contributed by atoms with E-state index in [1.807, 2.05) is 36.4 Å². The predicted octanol–water partition coefficient (Wildman–Crippen LogP) is 6.09. The van der Waals surface area contributed by atoms with E-state index in [2.05, 4.69) is 30.9 Å². The van der Waals surface area contributed by atoms with Gasteiger partial charge in [-0.3, -0.25) is 4.57 Å². The van der Waals surface area contributed by atoms with Gasteiger partial charge in [0.15, 0.2) is 4.77 Å². The van der Waals surface area contributed by atoms with Gasteiger partial charge < -0.3 is 15.3 Å². The van der Waals surface area contributed by atoms with Gasteiger partial charge in [0.1, 0.15) is 5.82 Å². The third-order valence-electron chi connectivity index (χ3n) is 5.38. The van der Waals surface area contributed by atoms with E-state index in [-0.39, 0.29) is 0 Å². The lowest BCUT2D eigenvalue weighted by molar-refractivity contribution is 0.752. The lowest BCUT2D eigenvalue weighted by Crippen LogP contribution is -2.15. The first-order chi connectivity index (χ1) is 13.7. The number of nitrogens with one attached hydrogen (secondary N) is 3. The highest BCUT2D eigenvalue weighted by Gasteiger charge is 2.21. The van der Waals surface area contributed by atoms with Gasteiger partial charge in [0.05, 0.1) is 28.7 Å². The Balaban J connectivity index is 1.69. The molecule has 0 bridgehead atoms. The molecule has 1 aliphatic carbocycles. The molecule has 2 heterocycles. The van der Waals surface area contributed by atoms with Crippen molar-refractivity contribution in [2.75, 3.05) is 5.32 Å². The Morgan fingerprint density at radius 2 is 1.89 bits per heavy atom.